The van der Waals surface area contributed by atoms with Crippen LogP contribution in [0.5, 0.6) is 0 Å². The van der Waals surface area contributed by atoms with E-state index >= 15 is 0 Å². The maximum atomic E-state index is 10.8. The molecule has 2 unspecified atom stereocenters. The minimum absolute atomic E-state index is 0.0474. The molecule has 7 nitrogen and oxygen atoms in total. The summed E-state index contributed by atoms with van der Waals surface area (Å²) < 4.78 is 0. The zero-order chi connectivity index (χ0) is 12.6. The number of hydrogen-bond donors (Lipinski definition) is 4. The van der Waals surface area contributed by atoms with Crippen LogP contribution in [-0.4, -0.2) is 62.9 Å². The molecule has 1 aliphatic heterocycles. The summed E-state index contributed by atoms with van der Waals surface area (Å²) in [6, 6.07) is 0. The van der Waals surface area contributed by atoms with Gasteiger partial charge >= 0.3 is 11.9 Å². The van der Waals surface area contributed by atoms with E-state index < -0.39 is 23.1 Å². The molecule has 0 bridgehead atoms. The van der Waals surface area contributed by atoms with Gasteiger partial charge in [-0.1, -0.05) is 0 Å². The van der Waals surface area contributed by atoms with Gasteiger partial charge < -0.3 is 21.1 Å². The van der Waals surface area contributed by atoms with Crippen molar-refractivity contribution in [2.45, 2.75) is 24.5 Å². The van der Waals surface area contributed by atoms with Crippen molar-refractivity contribution < 1.29 is 24.9 Å². The van der Waals surface area contributed by atoms with E-state index in [-0.39, 0.29) is 19.5 Å². The fraction of sp³-hybridized carbons (Fsp3) is 0.778. The van der Waals surface area contributed by atoms with Gasteiger partial charge in [0.05, 0.1) is 0 Å². The SMILES string of the molecule is CC(O)(CN1CCC(N)(C(=O)O)C1)C(=O)O. The number of aliphatic carboxylic acids is 2. The zero-order valence-electron chi connectivity index (χ0n) is 9.01. The van der Waals surface area contributed by atoms with E-state index in [0.29, 0.717) is 6.54 Å². The van der Waals surface area contributed by atoms with E-state index in [9.17, 15) is 14.7 Å². The summed E-state index contributed by atoms with van der Waals surface area (Å²) in [7, 11) is 0. The average molecular weight is 232 g/mol. The van der Waals surface area contributed by atoms with E-state index in [1.165, 1.54) is 6.92 Å². The third-order valence-electron chi connectivity index (χ3n) is 2.80. The molecule has 0 aromatic rings. The molecule has 7 heteroatoms. The van der Waals surface area contributed by atoms with Gasteiger partial charge in [0.1, 0.15) is 5.54 Å². The minimum Gasteiger partial charge on any atom is -0.480 e. The standard InChI is InChI=1S/C9H16N2O5/c1-8(16,6(12)13)4-11-3-2-9(10,5-11)7(14)15/h16H,2-5,10H2,1H3,(H,12,13)(H,14,15). The molecule has 1 saturated heterocycles. The van der Waals surface area contributed by atoms with Crippen LogP contribution in [-0.2, 0) is 9.59 Å². The number of rotatable bonds is 4. The summed E-state index contributed by atoms with van der Waals surface area (Å²) in [6.07, 6.45) is 0.248. The third-order valence-corrected chi connectivity index (χ3v) is 2.80. The van der Waals surface area contributed by atoms with Gasteiger partial charge in [0, 0.05) is 19.6 Å². The number of aliphatic hydroxyl groups is 1. The highest BCUT2D eigenvalue weighted by atomic mass is 16.4. The van der Waals surface area contributed by atoms with Crippen LogP contribution in [0.15, 0.2) is 0 Å². The number of β-amino-alcohol motifs (C(OH)–C–C–N with tert-alkyl or cyclic N) is 1. The van der Waals surface area contributed by atoms with E-state index in [1.54, 1.807) is 4.90 Å². The molecule has 0 aliphatic carbocycles. The van der Waals surface area contributed by atoms with Crippen LogP contribution >= 0.6 is 0 Å². The topological polar surface area (TPSA) is 124 Å². The van der Waals surface area contributed by atoms with Crippen LogP contribution in [0.3, 0.4) is 0 Å². The quantitative estimate of drug-likeness (QED) is 0.456. The first kappa shape index (κ1) is 12.9. The molecule has 2 atom stereocenters. The maximum Gasteiger partial charge on any atom is 0.336 e. The molecular formula is C9H16N2O5. The van der Waals surface area contributed by atoms with Gasteiger partial charge in [-0.2, -0.15) is 0 Å². The van der Waals surface area contributed by atoms with E-state index in [2.05, 4.69) is 0 Å². The van der Waals surface area contributed by atoms with Gasteiger partial charge in [0.2, 0.25) is 0 Å². The number of nitrogens with two attached hydrogens (primary N) is 1. The van der Waals surface area contributed by atoms with Gasteiger partial charge in [0.15, 0.2) is 5.60 Å². The highest BCUT2D eigenvalue weighted by Gasteiger charge is 2.44. The predicted molar refractivity (Wildman–Crippen MR) is 53.9 cm³/mol. The lowest BCUT2D eigenvalue weighted by atomic mass is 10.0. The number of carboxylic acid groups (broad SMARTS) is 2. The Morgan fingerprint density at radius 3 is 2.44 bits per heavy atom. The minimum atomic E-state index is -1.89. The second kappa shape index (κ2) is 4.00. The summed E-state index contributed by atoms with van der Waals surface area (Å²) in [4.78, 5) is 23.1. The first-order chi connectivity index (χ1) is 7.17. The van der Waals surface area contributed by atoms with Crippen molar-refractivity contribution in [1.82, 2.24) is 4.90 Å². The third kappa shape index (κ3) is 2.49. The number of hydrogen-bond acceptors (Lipinski definition) is 5. The Balaban J connectivity index is 2.62. The number of carbonyl (C=O) groups is 2. The summed E-state index contributed by atoms with van der Waals surface area (Å²) in [5.41, 5.74) is 2.39. The van der Waals surface area contributed by atoms with Crippen LogP contribution in [0.1, 0.15) is 13.3 Å². The van der Waals surface area contributed by atoms with Gasteiger partial charge in [-0.3, -0.25) is 9.69 Å². The molecule has 1 aliphatic rings. The van der Waals surface area contributed by atoms with E-state index in [0.717, 1.165) is 0 Å². The van der Waals surface area contributed by atoms with Gasteiger partial charge in [-0.25, -0.2) is 4.79 Å². The van der Waals surface area contributed by atoms with Crippen LogP contribution < -0.4 is 5.73 Å². The molecule has 0 aromatic carbocycles. The predicted octanol–water partition coefficient (Wildman–Crippen LogP) is -1.69. The Bertz CT molecular complexity index is 317. The lowest BCUT2D eigenvalue weighted by Crippen LogP contribution is -2.52. The fourth-order valence-electron chi connectivity index (χ4n) is 1.73. The second-order valence-corrected chi connectivity index (χ2v) is 4.50. The monoisotopic (exact) mass is 232 g/mol. The molecule has 0 saturated carbocycles. The van der Waals surface area contributed by atoms with Crippen LogP contribution in [0, 0.1) is 0 Å². The number of likely N-dealkylation sites (tertiary alicyclic amines) is 1. The Labute approximate surface area is 92.5 Å². The lowest BCUT2D eigenvalue weighted by molar-refractivity contribution is -0.158. The summed E-state index contributed by atoms with van der Waals surface area (Å²) in [5, 5.41) is 27.1. The number of nitrogens with zero attached hydrogens (tertiary/aromatic N) is 1. The van der Waals surface area contributed by atoms with Crippen LogP contribution in [0.25, 0.3) is 0 Å². The normalized spacial score (nSPS) is 29.9. The number of carboxylic acids is 2. The lowest BCUT2D eigenvalue weighted by Gasteiger charge is -2.26. The molecule has 1 fully saturated rings. The van der Waals surface area contributed by atoms with Crippen molar-refractivity contribution in [2.75, 3.05) is 19.6 Å². The smallest absolute Gasteiger partial charge is 0.336 e. The molecule has 0 amide bonds. The molecule has 0 spiro atoms. The van der Waals surface area contributed by atoms with Crippen molar-refractivity contribution in [3.8, 4) is 0 Å². The Morgan fingerprint density at radius 1 is 1.50 bits per heavy atom. The van der Waals surface area contributed by atoms with Crippen LogP contribution in [0.4, 0.5) is 0 Å². The Kier molecular flexibility index (Phi) is 3.22. The van der Waals surface area contributed by atoms with Gasteiger partial charge in [-0.05, 0) is 13.3 Å². The van der Waals surface area contributed by atoms with Crippen molar-refractivity contribution in [2.24, 2.45) is 5.73 Å². The van der Waals surface area contributed by atoms with E-state index in [1.807, 2.05) is 0 Å². The Morgan fingerprint density at radius 2 is 2.06 bits per heavy atom. The maximum absolute atomic E-state index is 10.8. The second-order valence-electron chi connectivity index (χ2n) is 4.50. The van der Waals surface area contributed by atoms with E-state index in [4.69, 9.17) is 15.9 Å². The highest BCUT2D eigenvalue weighted by Crippen LogP contribution is 2.21. The average Bonchev–Trinajstić information content (AvgIpc) is 2.47. The first-order valence-electron chi connectivity index (χ1n) is 4.88. The first-order valence-corrected chi connectivity index (χ1v) is 4.88. The zero-order valence-corrected chi connectivity index (χ0v) is 9.01. The summed E-state index contributed by atoms with van der Waals surface area (Å²) in [5.74, 6) is -2.44. The molecule has 92 valence electrons. The molecular weight excluding hydrogens is 216 g/mol. The van der Waals surface area contributed by atoms with Crippen molar-refractivity contribution >= 4 is 11.9 Å². The summed E-state index contributed by atoms with van der Waals surface area (Å²) in [6.45, 7) is 1.46. The van der Waals surface area contributed by atoms with Crippen LogP contribution in [0.2, 0.25) is 0 Å². The van der Waals surface area contributed by atoms with Crippen molar-refractivity contribution in [1.29, 1.82) is 0 Å². The molecule has 1 heterocycles. The fourth-order valence-corrected chi connectivity index (χ4v) is 1.73. The Hall–Kier alpha value is -1.18. The van der Waals surface area contributed by atoms with Gasteiger partial charge in [0.25, 0.3) is 0 Å². The largest absolute Gasteiger partial charge is 0.480 e. The molecule has 1 rings (SSSR count). The molecule has 5 N–H and O–H groups in total. The molecule has 0 radical (unpaired) electrons. The summed E-state index contributed by atoms with van der Waals surface area (Å²) >= 11 is 0. The van der Waals surface area contributed by atoms with Gasteiger partial charge in [-0.15, -0.1) is 0 Å². The molecule has 16 heavy (non-hydrogen) atoms. The molecule has 0 aromatic heterocycles. The highest BCUT2D eigenvalue weighted by molar-refractivity contribution is 5.79. The van der Waals surface area contributed by atoms with Crippen molar-refractivity contribution in [3.63, 3.8) is 0 Å². The van der Waals surface area contributed by atoms with Crippen molar-refractivity contribution in [3.05, 3.63) is 0 Å².